The average molecular weight is 338 g/mol. The SMILES string of the molecule is CCc1cccc(Cc2cccc([CH](C)[In])c2)c1. The molecule has 2 aromatic carbocycles. The van der Waals surface area contributed by atoms with E-state index in [4.69, 9.17) is 0 Å². The molecule has 0 aliphatic rings. The van der Waals surface area contributed by atoms with E-state index in [2.05, 4.69) is 62.4 Å². The zero-order valence-corrected chi connectivity index (χ0v) is 14.5. The predicted octanol–water partition coefficient (Wildman–Crippen LogP) is 4.07. The molecule has 0 amide bonds. The van der Waals surface area contributed by atoms with E-state index >= 15 is 0 Å². The van der Waals surface area contributed by atoms with Crippen molar-refractivity contribution in [2.45, 2.75) is 30.4 Å². The fourth-order valence-corrected chi connectivity index (χ4v) is 2.77. The predicted molar refractivity (Wildman–Crippen MR) is 79.2 cm³/mol. The van der Waals surface area contributed by atoms with E-state index in [1.165, 1.54) is 46.6 Å². The van der Waals surface area contributed by atoms with Crippen molar-refractivity contribution in [3.8, 4) is 0 Å². The monoisotopic (exact) mass is 338 g/mol. The van der Waals surface area contributed by atoms with Crippen molar-refractivity contribution >= 4 is 24.4 Å². The standard InChI is InChI=1S/C17H19.In/c1-3-14-7-5-9-16(11-14)13-17-10-6-8-15(4-2)12-17;/h3,5-12H,4,13H2,1-2H3;. The van der Waals surface area contributed by atoms with Gasteiger partial charge in [-0.2, -0.15) is 0 Å². The van der Waals surface area contributed by atoms with E-state index in [0.29, 0.717) is 0 Å². The fourth-order valence-electron chi connectivity index (χ4n) is 2.18. The third kappa shape index (κ3) is 3.65. The first-order valence-electron chi connectivity index (χ1n) is 6.61. The number of rotatable bonds is 4. The third-order valence-electron chi connectivity index (χ3n) is 3.28. The molecule has 0 saturated heterocycles. The van der Waals surface area contributed by atoms with E-state index in [-0.39, 0.29) is 0 Å². The van der Waals surface area contributed by atoms with Crippen LogP contribution in [0.4, 0.5) is 0 Å². The van der Waals surface area contributed by atoms with Crippen LogP contribution in [0.3, 0.4) is 0 Å². The van der Waals surface area contributed by atoms with Crippen LogP contribution >= 0.6 is 0 Å². The summed E-state index contributed by atoms with van der Waals surface area (Å²) < 4.78 is 0.734. The Morgan fingerprint density at radius 2 is 1.56 bits per heavy atom. The van der Waals surface area contributed by atoms with E-state index in [1.807, 2.05) is 0 Å². The molecule has 1 heteroatoms. The number of hydrogen-bond donors (Lipinski definition) is 0. The molecule has 0 N–H and O–H groups in total. The molecule has 0 nitrogen and oxygen atoms in total. The number of benzene rings is 2. The average Bonchev–Trinajstić information content (AvgIpc) is 2.39. The molecule has 0 bridgehead atoms. The van der Waals surface area contributed by atoms with Gasteiger partial charge in [0.05, 0.1) is 0 Å². The van der Waals surface area contributed by atoms with Crippen molar-refractivity contribution in [1.82, 2.24) is 0 Å². The molecule has 18 heavy (non-hydrogen) atoms. The molecule has 0 aliphatic heterocycles. The van der Waals surface area contributed by atoms with E-state index in [9.17, 15) is 0 Å². The Balaban J connectivity index is 2.20. The topological polar surface area (TPSA) is 0 Å². The molecule has 0 fully saturated rings. The molecule has 0 aliphatic carbocycles. The second-order valence-corrected chi connectivity index (χ2v) is 7.74. The Bertz CT molecular complexity index is 515. The first kappa shape index (κ1) is 13.7. The summed E-state index contributed by atoms with van der Waals surface area (Å²) in [5, 5.41) is 0. The minimum atomic E-state index is 0.734. The van der Waals surface area contributed by atoms with Gasteiger partial charge in [0.1, 0.15) is 0 Å². The van der Waals surface area contributed by atoms with Crippen LogP contribution in [0.5, 0.6) is 0 Å². The van der Waals surface area contributed by atoms with E-state index in [1.54, 1.807) is 0 Å². The van der Waals surface area contributed by atoms with Gasteiger partial charge in [0, 0.05) is 0 Å². The first-order valence-corrected chi connectivity index (χ1v) is 8.51. The van der Waals surface area contributed by atoms with Gasteiger partial charge in [-0.1, -0.05) is 0 Å². The van der Waals surface area contributed by atoms with Gasteiger partial charge in [0.25, 0.3) is 0 Å². The molecule has 0 heterocycles. The Morgan fingerprint density at radius 1 is 0.944 bits per heavy atom. The van der Waals surface area contributed by atoms with Gasteiger partial charge in [0.15, 0.2) is 0 Å². The van der Waals surface area contributed by atoms with Gasteiger partial charge in [-0.25, -0.2) is 0 Å². The Labute approximate surface area is 125 Å². The van der Waals surface area contributed by atoms with E-state index in [0.717, 1.165) is 16.5 Å². The summed E-state index contributed by atoms with van der Waals surface area (Å²) in [6.45, 7) is 4.52. The maximum atomic E-state index is 2.37. The Hall–Kier alpha value is -0.690. The molecule has 90 valence electrons. The molecule has 0 spiro atoms. The third-order valence-corrected chi connectivity index (χ3v) is 4.38. The van der Waals surface area contributed by atoms with Crippen LogP contribution in [0, 0.1) is 0 Å². The second kappa shape index (κ2) is 6.47. The summed E-state index contributed by atoms with van der Waals surface area (Å²) in [5.41, 5.74) is 5.77. The molecule has 0 aromatic heterocycles. The van der Waals surface area contributed by atoms with Gasteiger partial charge >= 0.3 is 126 Å². The van der Waals surface area contributed by atoms with Crippen molar-refractivity contribution in [1.29, 1.82) is 0 Å². The maximum absolute atomic E-state index is 2.37. The van der Waals surface area contributed by atoms with Crippen molar-refractivity contribution in [3.05, 3.63) is 70.8 Å². The zero-order chi connectivity index (χ0) is 13.0. The van der Waals surface area contributed by atoms with Crippen LogP contribution in [0.15, 0.2) is 48.5 Å². The molecule has 2 rings (SSSR count). The van der Waals surface area contributed by atoms with Crippen LogP contribution in [0.1, 0.15) is 39.8 Å². The molecular formula is C17H19In. The molecular weight excluding hydrogens is 319 g/mol. The minimum absolute atomic E-state index is 0.734. The first-order chi connectivity index (χ1) is 8.69. The summed E-state index contributed by atoms with van der Waals surface area (Å²) in [4.78, 5) is 0. The van der Waals surface area contributed by atoms with Gasteiger partial charge in [-0.3, -0.25) is 0 Å². The van der Waals surface area contributed by atoms with Crippen LogP contribution < -0.4 is 0 Å². The van der Waals surface area contributed by atoms with E-state index < -0.39 is 0 Å². The van der Waals surface area contributed by atoms with Gasteiger partial charge < -0.3 is 0 Å². The quantitative estimate of drug-likeness (QED) is 0.788. The van der Waals surface area contributed by atoms with Crippen LogP contribution in [-0.2, 0) is 12.8 Å². The van der Waals surface area contributed by atoms with Crippen molar-refractivity contribution < 1.29 is 0 Å². The van der Waals surface area contributed by atoms with Crippen LogP contribution in [-0.4, -0.2) is 24.4 Å². The van der Waals surface area contributed by atoms with Gasteiger partial charge in [-0.15, -0.1) is 0 Å². The summed E-state index contributed by atoms with van der Waals surface area (Å²) in [5.74, 6) is 0. The molecule has 0 saturated carbocycles. The number of aryl methyl sites for hydroxylation is 1. The van der Waals surface area contributed by atoms with Crippen LogP contribution in [0.2, 0.25) is 0 Å². The van der Waals surface area contributed by atoms with Gasteiger partial charge in [-0.05, 0) is 0 Å². The number of hydrogen-bond acceptors (Lipinski definition) is 0. The summed E-state index contributed by atoms with van der Waals surface area (Å²) in [6.07, 6.45) is 2.17. The second-order valence-electron chi connectivity index (χ2n) is 4.88. The Morgan fingerprint density at radius 3 is 2.22 bits per heavy atom. The molecule has 2 radical (unpaired) electrons. The van der Waals surface area contributed by atoms with Crippen molar-refractivity contribution in [2.24, 2.45) is 0 Å². The van der Waals surface area contributed by atoms with Crippen LogP contribution in [0.25, 0.3) is 0 Å². The molecule has 1 atom stereocenters. The normalized spacial score (nSPS) is 12.3. The summed E-state index contributed by atoms with van der Waals surface area (Å²) in [6, 6.07) is 18.0. The van der Waals surface area contributed by atoms with Gasteiger partial charge in [0.2, 0.25) is 0 Å². The van der Waals surface area contributed by atoms with Crippen molar-refractivity contribution in [2.75, 3.05) is 0 Å². The molecule has 1 unspecified atom stereocenters. The fraction of sp³-hybridized carbons (Fsp3) is 0.294. The summed E-state index contributed by atoms with van der Waals surface area (Å²) >= 11 is 1.29. The Kier molecular flexibility index (Phi) is 4.94. The summed E-state index contributed by atoms with van der Waals surface area (Å²) in [7, 11) is 0. The van der Waals surface area contributed by atoms with Crippen molar-refractivity contribution in [3.63, 3.8) is 0 Å². The zero-order valence-electron chi connectivity index (χ0n) is 11.2. The molecule has 2 aromatic rings.